The minimum Gasteiger partial charge on any atom is -0.497 e. The minimum absolute atomic E-state index is 0.103. The van der Waals surface area contributed by atoms with Crippen molar-refractivity contribution < 1.29 is 14.3 Å². The number of thioether (sulfide) groups is 1. The van der Waals surface area contributed by atoms with Gasteiger partial charge in [-0.15, -0.1) is 0 Å². The van der Waals surface area contributed by atoms with E-state index in [0.717, 1.165) is 11.3 Å². The highest BCUT2D eigenvalue weighted by molar-refractivity contribution is 8.15. The van der Waals surface area contributed by atoms with E-state index in [9.17, 15) is 9.59 Å². The Kier molecular flexibility index (Phi) is 6.36. The number of halogens is 1. The number of methoxy groups -OCH3 is 1. The average Bonchev–Trinajstić information content (AvgIpc) is 2.68. The number of carbonyl (C=O) groups is 2. The minimum atomic E-state index is -0.538. The van der Waals surface area contributed by atoms with Crippen LogP contribution in [0.3, 0.4) is 0 Å². The van der Waals surface area contributed by atoms with E-state index in [-0.39, 0.29) is 18.2 Å². The van der Waals surface area contributed by atoms with Crippen LogP contribution in [-0.4, -0.2) is 29.3 Å². The molecule has 1 saturated heterocycles. The number of amides is 2. The van der Waals surface area contributed by atoms with Gasteiger partial charge < -0.3 is 15.4 Å². The summed E-state index contributed by atoms with van der Waals surface area (Å²) in [7, 11) is 1.61. The van der Waals surface area contributed by atoms with Gasteiger partial charge in [0.2, 0.25) is 11.8 Å². The van der Waals surface area contributed by atoms with Gasteiger partial charge in [0.15, 0.2) is 5.17 Å². The van der Waals surface area contributed by atoms with Crippen molar-refractivity contribution in [3.63, 3.8) is 0 Å². The van der Waals surface area contributed by atoms with Gasteiger partial charge in [-0.2, -0.15) is 0 Å². The van der Waals surface area contributed by atoms with E-state index in [2.05, 4.69) is 15.6 Å². The summed E-state index contributed by atoms with van der Waals surface area (Å²) in [6.45, 7) is 0.401. The van der Waals surface area contributed by atoms with Gasteiger partial charge in [0, 0.05) is 17.1 Å². The molecule has 0 aromatic heterocycles. The highest BCUT2D eigenvalue weighted by Crippen LogP contribution is 2.23. The first-order valence-corrected chi connectivity index (χ1v) is 9.49. The average molecular weight is 404 g/mol. The van der Waals surface area contributed by atoms with Crippen molar-refractivity contribution in [2.24, 2.45) is 4.99 Å². The van der Waals surface area contributed by atoms with Gasteiger partial charge in [0.05, 0.1) is 13.7 Å². The fourth-order valence-electron chi connectivity index (χ4n) is 2.42. The first kappa shape index (κ1) is 19.3. The van der Waals surface area contributed by atoms with Gasteiger partial charge in [-0.05, 0) is 42.0 Å². The van der Waals surface area contributed by atoms with Crippen LogP contribution in [0.15, 0.2) is 53.5 Å². The normalized spacial score (nSPS) is 18.1. The van der Waals surface area contributed by atoms with Crippen molar-refractivity contribution in [3.8, 4) is 5.75 Å². The molecule has 0 spiro atoms. The third kappa shape index (κ3) is 5.48. The summed E-state index contributed by atoms with van der Waals surface area (Å²) in [5.41, 5.74) is 1.61. The van der Waals surface area contributed by atoms with Gasteiger partial charge in [-0.25, -0.2) is 0 Å². The Balaban J connectivity index is 1.63. The summed E-state index contributed by atoms with van der Waals surface area (Å²) >= 11 is 7.09. The molecule has 2 aromatic carbocycles. The molecule has 8 heteroatoms. The van der Waals surface area contributed by atoms with E-state index in [1.807, 2.05) is 24.3 Å². The fraction of sp³-hybridized carbons (Fsp3) is 0.211. The second-order valence-electron chi connectivity index (χ2n) is 5.82. The highest BCUT2D eigenvalue weighted by atomic mass is 35.5. The number of benzene rings is 2. The summed E-state index contributed by atoms with van der Waals surface area (Å²) in [6.07, 6.45) is 0.103. The quantitative estimate of drug-likeness (QED) is 0.801. The molecule has 1 atom stereocenters. The molecular weight excluding hydrogens is 386 g/mol. The first-order valence-electron chi connectivity index (χ1n) is 8.24. The molecular formula is C19H18ClN3O3S. The number of hydrogen-bond donors (Lipinski definition) is 2. The Labute approximate surface area is 166 Å². The number of rotatable bonds is 5. The summed E-state index contributed by atoms with van der Waals surface area (Å²) in [4.78, 5) is 28.9. The van der Waals surface area contributed by atoms with Crippen molar-refractivity contribution >= 4 is 46.0 Å². The van der Waals surface area contributed by atoms with E-state index in [1.165, 1.54) is 11.8 Å². The van der Waals surface area contributed by atoms with Gasteiger partial charge in [0.25, 0.3) is 0 Å². The van der Waals surface area contributed by atoms with Gasteiger partial charge in [-0.3, -0.25) is 14.6 Å². The Morgan fingerprint density at radius 2 is 1.96 bits per heavy atom. The largest absolute Gasteiger partial charge is 0.497 e. The smallest absolute Gasteiger partial charge is 0.238 e. The maximum absolute atomic E-state index is 12.5. The predicted molar refractivity (Wildman–Crippen MR) is 108 cm³/mol. The third-order valence-electron chi connectivity index (χ3n) is 3.84. The van der Waals surface area contributed by atoms with Crippen LogP contribution < -0.4 is 15.4 Å². The molecule has 1 aliphatic heterocycles. The fourth-order valence-corrected chi connectivity index (χ4v) is 3.53. The molecule has 2 amide bonds. The highest BCUT2D eigenvalue weighted by Gasteiger charge is 2.30. The van der Waals surface area contributed by atoms with E-state index in [0.29, 0.717) is 22.4 Å². The standard InChI is InChI=1S/C19H18ClN3O3S/c1-26-15-8-2-12(3-9-15)11-21-19-23-17(24)10-16(27-19)18(25)22-14-6-4-13(20)5-7-14/h2-9,16H,10-11H2,1H3,(H,22,25)(H,21,23,24)/t16-/m1/s1. The Bertz CT molecular complexity index is 854. The second kappa shape index (κ2) is 8.92. The lowest BCUT2D eigenvalue weighted by Crippen LogP contribution is -2.42. The van der Waals surface area contributed by atoms with Gasteiger partial charge in [0.1, 0.15) is 11.0 Å². The lowest BCUT2D eigenvalue weighted by atomic mass is 10.2. The molecule has 1 aliphatic rings. The van der Waals surface area contributed by atoms with E-state index >= 15 is 0 Å². The van der Waals surface area contributed by atoms with Crippen LogP contribution in [0.5, 0.6) is 5.75 Å². The Morgan fingerprint density at radius 1 is 1.26 bits per heavy atom. The summed E-state index contributed by atoms with van der Waals surface area (Å²) < 4.78 is 5.12. The number of aliphatic imine (C=N–C) groups is 1. The number of hydrogen-bond acceptors (Lipinski definition) is 5. The SMILES string of the molecule is COc1ccc(CN=C2NC(=O)C[C@H](C(=O)Nc3ccc(Cl)cc3)S2)cc1. The number of amidine groups is 1. The maximum Gasteiger partial charge on any atom is 0.238 e. The zero-order valence-electron chi connectivity index (χ0n) is 14.6. The van der Waals surface area contributed by atoms with Crippen LogP contribution in [-0.2, 0) is 16.1 Å². The monoisotopic (exact) mass is 403 g/mol. The molecule has 3 rings (SSSR count). The molecule has 0 aliphatic carbocycles. The van der Waals surface area contributed by atoms with E-state index in [4.69, 9.17) is 16.3 Å². The Morgan fingerprint density at radius 3 is 2.63 bits per heavy atom. The predicted octanol–water partition coefficient (Wildman–Crippen LogP) is 3.47. The molecule has 0 saturated carbocycles. The first-order chi connectivity index (χ1) is 13.0. The molecule has 27 heavy (non-hydrogen) atoms. The number of anilines is 1. The van der Waals surface area contributed by atoms with Crippen molar-refractivity contribution in [2.75, 3.05) is 12.4 Å². The molecule has 140 valence electrons. The number of carbonyl (C=O) groups excluding carboxylic acids is 2. The summed E-state index contributed by atoms with van der Waals surface area (Å²) in [5.74, 6) is 0.304. The van der Waals surface area contributed by atoms with Crippen LogP contribution in [0.2, 0.25) is 5.02 Å². The topological polar surface area (TPSA) is 79.8 Å². The van der Waals surface area contributed by atoms with Crippen molar-refractivity contribution in [2.45, 2.75) is 18.2 Å². The lowest BCUT2D eigenvalue weighted by molar-refractivity contribution is -0.123. The molecule has 0 bridgehead atoms. The van der Waals surface area contributed by atoms with Crippen LogP contribution >= 0.6 is 23.4 Å². The number of nitrogens with one attached hydrogen (secondary N) is 2. The molecule has 6 nitrogen and oxygen atoms in total. The van der Waals surface area contributed by atoms with Crippen molar-refractivity contribution in [1.82, 2.24) is 5.32 Å². The molecule has 2 N–H and O–H groups in total. The van der Waals surface area contributed by atoms with Crippen LogP contribution in [0.1, 0.15) is 12.0 Å². The molecule has 1 heterocycles. The number of ether oxygens (including phenoxy) is 1. The van der Waals surface area contributed by atoms with Gasteiger partial charge in [-0.1, -0.05) is 35.5 Å². The summed E-state index contributed by atoms with van der Waals surface area (Å²) in [6, 6.07) is 14.3. The zero-order valence-corrected chi connectivity index (χ0v) is 16.1. The second-order valence-corrected chi connectivity index (χ2v) is 7.45. The summed E-state index contributed by atoms with van der Waals surface area (Å²) in [5, 5.41) is 6.01. The molecule has 0 radical (unpaired) electrons. The molecule has 0 unspecified atom stereocenters. The van der Waals surface area contributed by atoms with Crippen LogP contribution in [0, 0.1) is 0 Å². The maximum atomic E-state index is 12.5. The van der Waals surface area contributed by atoms with E-state index in [1.54, 1.807) is 31.4 Å². The molecule has 2 aromatic rings. The Hall–Kier alpha value is -2.51. The van der Waals surface area contributed by atoms with E-state index < -0.39 is 5.25 Å². The van der Waals surface area contributed by atoms with Gasteiger partial charge >= 0.3 is 0 Å². The lowest BCUT2D eigenvalue weighted by Gasteiger charge is -2.22. The molecule has 1 fully saturated rings. The van der Waals surface area contributed by atoms with Crippen molar-refractivity contribution in [1.29, 1.82) is 0 Å². The third-order valence-corrected chi connectivity index (χ3v) is 5.21. The zero-order chi connectivity index (χ0) is 19.2. The van der Waals surface area contributed by atoms with Crippen LogP contribution in [0.4, 0.5) is 5.69 Å². The van der Waals surface area contributed by atoms with Crippen molar-refractivity contribution in [3.05, 3.63) is 59.1 Å². The number of nitrogens with zero attached hydrogens (tertiary/aromatic N) is 1. The van der Waals surface area contributed by atoms with Crippen LogP contribution in [0.25, 0.3) is 0 Å².